The number of aliphatic hydroxyl groups excluding tert-OH is 1. The van der Waals surface area contributed by atoms with Gasteiger partial charge in [-0.15, -0.1) is 0 Å². The number of hydrogen-bond donors (Lipinski definition) is 1. The molecule has 35 heavy (non-hydrogen) atoms. The molecule has 2 aromatic carbocycles. The summed E-state index contributed by atoms with van der Waals surface area (Å²) in [6.07, 6.45) is 2.69. The smallest absolute Gasteiger partial charge is 0.257 e. The number of carbonyl (C=O) groups is 1. The van der Waals surface area contributed by atoms with E-state index in [4.69, 9.17) is 9.47 Å². The van der Waals surface area contributed by atoms with Crippen LogP contribution in [0.25, 0.3) is 0 Å². The van der Waals surface area contributed by atoms with Gasteiger partial charge in [0.2, 0.25) is 0 Å². The van der Waals surface area contributed by atoms with Gasteiger partial charge in [-0.2, -0.15) is 0 Å². The topological polar surface area (TPSA) is 65.5 Å². The van der Waals surface area contributed by atoms with Crippen LogP contribution in [-0.2, 0) is 13.0 Å². The molecular formula is C28H37N3O4. The Morgan fingerprint density at radius 2 is 1.86 bits per heavy atom. The van der Waals surface area contributed by atoms with Crippen LogP contribution < -0.4 is 9.47 Å². The molecule has 1 atom stereocenters. The zero-order valence-electron chi connectivity index (χ0n) is 20.7. The highest BCUT2D eigenvalue weighted by Gasteiger charge is 2.27. The molecule has 0 bridgehead atoms. The molecule has 3 aliphatic heterocycles. The number of aliphatic hydroxyl groups is 1. The Bertz CT molecular complexity index is 1020. The quantitative estimate of drug-likeness (QED) is 0.659. The minimum absolute atomic E-state index is 0.0950. The van der Waals surface area contributed by atoms with Crippen molar-refractivity contribution in [3.05, 3.63) is 59.2 Å². The molecule has 188 valence electrons. The molecule has 3 heterocycles. The van der Waals surface area contributed by atoms with Crippen molar-refractivity contribution < 1.29 is 19.4 Å². The predicted octanol–water partition coefficient (Wildman–Crippen LogP) is 2.66. The summed E-state index contributed by atoms with van der Waals surface area (Å²) in [6, 6.07) is 14.0. The fourth-order valence-corrected chi connectivity index (χ4v) is 5.36. The average molecular weight is 480 g/mol. The highest BCUT2D eigenvalue weighted by molar-refractivity contribution is 5.97. The molecule has 0 aliphatic carbocycles. The second-order valence-electron chi connectivity index (χ2n) is 10.2. The lowest BCUT2D eigenvalue weighted by atomic mass is 9.98. The van der Waals surface area contributed by atoms with Gasteiger partial charge in [-0.3, -0.25) is 9.69 Å². The fraction of sp³-hybridized carbons (Fsp3) is 0.536. The van der Waals surface area contributed by atoms with Crippen LogP contribution in [0.5, 0.6) is 11.5 Å². The Balaban J connectivity index is 1.15. The minimum Gasteiger partial charge on any atom is -0.493 e. The van der Waals surface area contributed by atoms with Gasteiger partial charge in [0, 0.05) is 32.2 Å². The number of piperidine rings is 1. The number of nitrogens with zero attached hydrogens (tertiary/aromatic N) is 3. The minimum atomic E-state index is -0.608. The molecule has 1 N–H and O–H groups in total. The molecule has 5 rings (SSSR count). The van der Waals surface area contributed by atoms with Gasteiger partial charge in [-0.25, -0.2) is 0 Å². The summed E-state index contributed by atoms with van der Waals surface area (Å²) in [5.74, 6) is 1.79. The van der Waals surface area contributed by atoms with E-state index in [-0.39, 0.29) is 5.91 Å². The Morgan fingerprint density at radius 3 is 2.69 bits per heavy atom. The number of amides is 1. The zero-order chi connectivity index (χ0) is 24.2. The summed E-state index contributed by atoms with van der Waals surface area (Å²) >= 11 is 0. The van der Waals surface area contributed by atoms with Crippen molar-refractivity contribution >= 4 is 5.91 Å². The standard InChI is InChI=1S/C28H37N3O4/c1-29-11-8-21(9-12-29)20-35-25-6-7-26-27(16-25)34-15-14-31(28(26)33)19-24(32)18-30-13-10-22-4-2-3-5-23(22)17-30/h2-7,16,21,24,32H,8-15,17-20H2,1H3/t24-/m1/s1. The molecular weight excluding hydrogens is 442 g/mol. The number of ether oxygens (including phenoxy) is 2. The Hall–Kier alpha value is -2.61. The second-order valence-corrected chi connectivity index (χ2v) is 10.2. The van der Waals surface area contributed by atoms with Crippen LogP contribution in [0, 0.1) is 5.92 Å². The number of β-amino-alcohol motifs (C(OH)–C–C–N with tert-alkyl or cyclic N) is 1. The summed E-state index contributed by atoms with van der Waals surface area (Å²) in [7, 11) is 2.16. The van der Waals surface area contributed by atoms with Crippen molar-refractivity contribution in [2.75, 3.05) is 59.5 Å². The number of hydrogen-bond acceptors (Lipinski definition) is 6. The molecule has 3 aliphatic rings. The summed E-state index contributed by atoms with van der Waals surface area (Å²) in [6.45, 7) is 6.40. The molecule has 7 nitrogen and oxygen atoms in total. The molecule has 1 saturated heterocycles. The molecule has 1 fully saturated rings. The Labute approximate surface area is 208 Å². The molecule has 1 amide bonds. The van der Waals surface area contributed by atoms with Crippen LogP contribution in [0.1, 0.15) is 34.3 Å². The first-order valence-electron chi connectivity index (χ1n) is 12.9. The van der Waals surface area contributed by atoms with E-state index in [1.54, 1.807) is 11.0 Å². The van der Waals surface area contributed by atoms with Crippen molar-refractivity contribution in [1.82, 2.24) is 14.7 Å². The molecule has 0 unspecified atom stereocenters. The van der Waals surface area contributed by atoms with E-state index in [0.29, 0.717) is 50.1 Å². The normalized spacial score (nSPS) is 20.5. The maximum atomic E-state index is 13.3. The predicted molar refractivity (Wildman–Crippen MR) is 135 cm³/mol. The van der Waals surface area contributed by atoms with E-state index in [9.17, 15) is 9.90 Å². The van der Waals surface area contributed by atoms with E-state index in [0.717, 1.165) is 51.2 Å². The van der Waals surface area contributed by atoms with Crippen molar-refractivity contribution in [3.63, 3.8) is 0 Å². The van der Waals surface area contributed by atoms with Gasteiger partial charge < -0.3 is 24.4 Å². The van der Waals surface area contributed by atoms with Gasteiger partial charge in [-0.1, -0.05) is 24.3 Å². The van der Waals surface area contributed by atoms with E-state index in [1.807, 2.05) is 12.1 Å². The lowest BCUT2D eigenvalue weighted by Crippen LogP contribution is -2.44. The number of likely N-dealkylation sites (tertiary alicyclic amines) is 1. The van der Waals surface area contributed by atoms with Crippen LogP contribution >= 0.6 is 0 Å². The molecule has 0 aromatic heterocycles. The van der Waals surface area contributed by atoms with Crippen LogP contribution in [0.15, 0.2) is 42.5 Å². The zero-order valence-corrected chi connectivity index (χ0v) is 20.7. The molecule has 0 spiro atoms. The largest absolute Gasteiger partial charge is 0.493 e. The van der Waals surface area contributed by atoms with Crippen molar-refractivity contribution in [3.8, 4) is 11.5 Å². The SMILES string of the molecule is CN1CCC(COc2ccc3c(c2)OCCN(C[C@H](O)CN2CCc4ccccc4C2)C3=O)CC1. The van der Waals surface area contributed by atoms with E-state index < -0.39 is 6.10 Å². The lowest BCUT2D eigenvalue weighted by molar-refractivity contribution is 0.0501. The monoisotopic (exact) mass is 479 g/mol. The Morgan fingerprint density at radius 1 is 1.06 bits per heavy atom. The van der Waals surface area contributed by atoms with Crippen LogP contribution in [0.2, 0.25) is 0 Å². The van der Waals surface area contributed by atoms with Gasteiger partial charge >= 0.3 is 0 Å². The second kappa shape index (κ2) is 11.0. The van der Waals surface area contributed by atoms with E-state index in [2.05, 4.69) is 41.1 Å². The number of benzene rings is 2. The summed E-state index contributed by atoms with van der Waals surface area (Å²) in [5, 5.41) is 10.8. The third kappa shape index (κ3) is 5.97. The number of carbonyl (C=O) groups excluding carboxylic acids is 1. The Kier molecular flexibility index (Phi) is 7.56. The van der Waals surface area contributed by atoms with Crippen molar-refractivity contribution in [2.24, 2.45) is 5.92 Å². The first kappa shape index (κ1) is 24.1. The first-order chi connectivity index (χ1) is 17.0. The van der Waals surface area contributed by atoms with Crippen molar-refractivity contribution in [1.29, 1.82) is 0 Å². The van der Waals surface area contributed by atoms with Gasteiger partial charge in [0.1, 0.15) is 18.1 Å². The molecule has 0 radical (unpaired) electrons. The summed E-state index contributed by atoms with van der Waals surface area (Å²) < 4.78 is 12.0. The highest BCUT2D eigenvalue weighted by Crippen LogP contribution is 2.29. The third-order valence-corrected chi connectivity index (χ3v) is 7.52. The van der Waals surface area contributed by atoms with Crippen LogP contribution in [0.3, 0.4) is 0 Å². The fourth-order valence-electron chi connectivity index (χ4n) is 5.36. The maximum absolute atomic E-state index is 13.3. The molecule has 0 saturated carbocycles. The molecule has 2 aromatic rings. The number of rotatable bonds is 7. The van der Waals surface area contributed by atoms with Gasteiger partial charge in [0.25, 0.3) is 5.91 Å². The highest BCUT2D eigenvalue weighted by atomic mass is 16.5. The van der Waals surface area contributed by atoms with E-state index >= 15 is 0 Å². The average Bonchev–Trinajstić information content (AvgIpc) is 3.02. The van der Waals surface area contributed by atoms with Crippen LogP contribution in [0.4, 0.5) is 0 Å². The maximum Gasteiger partial charge on any atom is 0.257 e. The van der Waals surface area contributed by atoms with Crippen LogP contribution in [-0.4, -0.2) is 91.3 Å². The van der Waals surface area contributed by atoms with E-state index in [1.165, 1.54) is 11.1 Å². The number of fused-ring (bicyclic) bond motifs is 2. The molecule has 7 heteroatoms. The van der Waals surface area contributed by atoms with Gasteiger partial charge in [-0.05, 0) is 68.6 Å². The van der Waals surface area contributed by atoms with Crippen molar-refractivity contribution in [2.45, 2.75) is 31.9 Å². The van der Waals surface area contributed by atoms with Gasteiger partial charge in [0.05, 0.1) is 24.8 Å². The summed E-state index contributed by atoms with van der Waals surface area (Å²) in [5.41, 5.74) is 3.26. The van der Waals surface area contributed by atoms with Gasteiger partial charge in [0.15, 0.2) is 0 Å². The summed E-state index contributed by atoms with van der Waals surface area (Å²) in [4.78, 5) is 19.6. The third-order valence-electron chi connectivity index (χ3n) is 7.52. The lowest BCUT2D eigenvalue weighted by Gasteiger charge is -2.32. The first-order valence-corrected chi connectivity index (χ1v) is 12.9.